The van der Waals surface area contributed by atoms with Gasteiger partial charge in [-0.05, 0) is 56.2 Å². The highest BCUT2D eigenvalue weighted by molar-refractivity contribution is 7.90. The number of piperidine rings is 1. The smallest absolute Gasteiger partial charge is 0.217 e. The fourth-order valence-corrected chi connectivity index (χ4v) is 6.28. The number of sulfonamides is 1. The average molecular weight is 365 g/mol. The number of hydrogen-bond acceptors (Lipinski definition) is 4. The summed E-state index contributed by atoms with van der Waals surface area (Å²) in [5.74, 6) is 0.914. The first-order valence-corrected chi connectivity index (χ1v) is 11.0. The minimum absolute atomic E-state index is 0.0818. The minimum Gasteiger partial charge on any atom is -0.492 e. The zero-order valence-electron chi connectivity index (χ0n) is 14.8. The SMILES string of the molecule is O=S(=O)(C1CC1)N1CC[C@]2(CCCN(CCOc3ccccc3)C2)C1. The Hall–Kier alpha value is -1.11. The van der Waals surface area contributed by atoms with Gasteiger partial charge in [-0.15, -0.1) is 0 Å². The van der Waals surface area contributed by atoms with E-state index >= 15 is 0 Å². The van der Waals surface area contributed by atoms with Gasteiger partial charge in [-0.3, -0.25) is 4.90 Å². The van der Waals surface area contributed by atoms with E-state index in [-0.39, 0.29) is 10.7 Å². The van der Waals surface area contributed by atoms with Crippen molar-refractivity contribution in [3.05, 3.63) is 30.3 Å². The lowest BCUT2D eigenvalue weighted by Gasteiger charge is -2.40. The molecule has 1 aromatic carbocycles. The lowest BCUT2D eigenvalue weighted by molar-refractivity contribution is 0.0863. The monoisotopic (exact) mass is 364 g/mol. The van der Waals surface area contributed by atoms with Crippen molar-refractivity contribution in [2.24, 2.45) is 5.41 Å². The van der Waals surface area contributed by atoms with Crippen LogP contribution in [0.2, 0.25) is 0 Å². The predicted molar refractivity (Wildman–Crippen MR) is 98.2 cm³/mol. The van der Waals surface area contributed by atoms with E-state index in [0.717, 1.165) is 64.0 Å². The van der Waals surface area contributed by atoms with Crippen molar-refractivity contribution in [1.29, 1.82) is 0 Å². The van der Waals surface area contributed by atoms with Crippen LogP contribution in [-0.4, -0.2) is 62.2 Å². The van der Waals surface area contributed by atoms with E-state index in [9.17, 15) is 8.42 Å². The van der Waals surface area contributed by atoms with Crippen molar-refractivity contribution in [3.63, 3.8) is 0 Å². The number of likely N-dealkylation sites (tertiary alicyclic amines) is 1. The second-order valence-electron chi connectivity index (χ2n) is 7.87. The van der Waals surface area contributed by atoms with E-state index in [2.05, 4.69) is 4.90 Å². The van der Waals surface area contributed by atoms with Gasteiger partial charge in [-0.2, -0.15) is 0 Å². The normalized spacial score (nSPS) is 28.5. The minimum atomic E-state index is -3.02. The van der Waals surface area contributed by atoms with Crippen molar-refractivity contribution >= 4 is 10.0 Å². The standard InChI is InChI=1S/C19H28N2O3S/c22-25(23,18-7-8-18)21-12-10-19(16-21)9-4-11-20(15-19)13-14-24-17-5-2-1-3-6-17/h1-3,5-6,18H,4,7-16H2/t19-/m0/s1. The first-order chi connectivity index (χ1) is 12.1. The molecule has 1 spiro atoms. The molecule has 2 saturated heterocycles. The van der Waals surface area contributed by atoms with Crippen LogP contribution in [0.1, 0.15) is 32.1 Å². The molecule has 25 heavy (non-hydrogen) atoms. The zero-order chi connectivity index (χ0) is 17.3. The molecule has 1 aromatic rings. The van der Waals surface area contributed by atoms with Gasteiger partial charge in [0.25, 0.3) is 0 Å². The van der Waals surface area contributed by atoms with E-state index < -0.39 is 10.0 Å². The lowest BCUT2D eigenvalue weighted by Crippen LogP contribution is -2.46. The number of para-hydroxylation sites is 1. The van der Waals surface area contributed by atoms with E-state index in [4.69, 9.17) is 4.74 Å². The summed E-state index contributed by atoms with van der Waals surface area (Å²) in [6, 6.07) is 9.92. The van der Waals surface area contributed by atoms with Crippen LogP contribution in [0.4, 0.5) is 0 Å². The van der Waals surface area contributed by atoms with Crippen molar-refractivity contribution in [2.45, 2.75) is 37.4 Å². The molecule has 2 heterocycles. The van der Waals surface area contributed by atoms with Gasteiger partial charge in [0.05, 0.1) is 5.25 Å². The molecule has 3 aliphatic rings. The fourth-order valence-electron chi connectivity index (χ4n) is 4.33. The van der Waals surface area contributed by atoms with Crippen LogP contribution in [0, 0.1) is 5.41 Å². The van der Waals surface area contributed by atoms with Gasteiger partial charge in [0.15, 0.2) is 0 Å². The molecule has 1 aliphatic carbocycles. The second kappa shape index (κ2) is 6.89. The van der Waals surface area contributed by atoms with E-state index in [1.807, 2.05) is 30.3 Å². The Morgan fingerprint density at radius 3 is 2.64 bits per heavy atom. The first kappa shape index (κ1) is 17.3. The fraction of sp³-hybridized carbons (Fsp3) is 0.684. The molecule has 0 unspecified atom stereocenters. The molecule has 5 nitrogen and oxygen atoms in total. The van der Waals surface area contributed by atoms with E-state index in [0.29, 0.717) is 13.2 Å². The molecule has 0 radical (unpaired) electrons. The Balaban J connectivity index is 1.30. The Bertz CT molecular complexity index is 690. The molecule has 6 heteroatoms. The van der Waals surface area contributed by atoms with Crippen LogP contribution in [0.5, 0.6) is 5.75 Å². The number of hydrogen-bond donors (Lipinski definition) is 0. The molecule has 4 rings (SSSR count). The molecule has 138 valence electrons. The van der Waals surface area contributed by atoms with Gasteiger partial charge < -0.3 is 4.74 Å². The molecule has 0 aromatic heterocycles. The topological polar surface area (TPSA) is 49.9 Å². The van der Waals surface area contributed by atoms with Gasteiger partial charge in [0.1, 0.15) is 12.4 Å². The van der Waals surface area contributed by atoms with Crippen molar-refractivity contribution in [2.75, 3.05) is 39.3 Å². The second-order valence-corrected chi connectivity index (χ2v) is 10.1. The Morgan fingerprint density at radius 2 is 1.88 bits per heavy atom. The number of benzene rings is 1. The molecule has 0 bridgehead atoms. The quantitative estimate of drug-likeness (QED) is 0.777. The predicted octanol–water partition coefficient (Wildman–Crippen LogP) is 2.35. The van der Waals surface area contributed by atoms with Gasteiger partial charge in [-0.1, -0.05) is 18.2 Å². The van der Waals surface area contributed by atoms with E-state index in [1.54, 1.807) is 4.31 Å². The maximum absolute atomic E-state index is 12.5. The summed E-state index contributed by atoms with van der Waals surface area (Å²) >= 11 is 0. The van der Waals surface area contributed by atoms with Crippen LogP contribution in [0.15, 0.2) is 30.3 Å². The molecule has 0 amide bonds. The summed E-state index contributed by atoms with van der Waals surface area (Å²) in [5.41, 5.74) is 0.160. The summed E-state index contributed by atoms with van der Waals surface area (Å²) < 4.78 is 32.7. The third kappa shape index (κ3) is 3.86. The molecule has 1 saturated carbocycles. The van der Waals surface area contributed by atoms with Crippen LogP contribution in [0.25, 0.3) is 0 Å². The van der Waals surface area contributed by atoms with Crippen molar-refractivity contribution < 1.29 is 13.2 Å². The van der Waals surface area contributed by atoms with Gasteiger partial charge in [0.2, 0.25) is 10.0 Å². The van der Waals surface area contributed by atoms with Crippen LogP contribution in [-0.2, 0) is 10.0 Å². The summed E-state index contributed by atoms with van der Waals surface area (Å²) in [7, 11) is -3.02. The summed E-state index contributed by atoms with van der Waals surface area (Å²) in [6.07, 6.45) is 5.03. The van der Waals surface area contributed by atoms with Gasteiger partial charge >= 0.3 is 0 Å². The number of rotatable bonds is 6. The highest BCUT2D eigenvalue weighted by Crippen LogP contribution is 2.42. The summed E-state index contributed by atoms with van der Waals surface area (Å²) in [6.45, 7) is 5.13. The van der Waals surface area contributed by atoms with Crippen LogP contribution < -0.4 is 4.74 Å². The van der Waals surface area contributed by atoms with Gasteiger partial charge in [0, 0.05) is 26.2 Å². The number of nitrogens with zero attached hydrogens (tertiary/aromatic N) is 2. The largest absolute Gasteiger partial charge is 0.492 e. The van der Waals surface area contributed by atoms with Crippen LogP contribution in [0.3, 0.4) is 0 Å². The summed E-state index contributed by atoms with van der Waals surface area (Å²) in [4.78, 5) is 2.46. The first-order valence-electron chi connectivity index (χ1n) is 9.47. The van der Waals surface area contributed by atoms with Crippen LogP contribution >= 0.6 is 0 Å². The van der Waals surface area contributed by atoms with Crippen molar-refractivity contribution in [3.8, 4) is 5.75 Å². The molecule has 0 N–H and O–H groups in total. The molecule has 2 aliphatic heterocycles. The Labute approximate surface area is 151 Å². The lowest BCUT2D eigenvalue weighted by atomic mass is 9.79. The third-order valence-electron chi connectivity index (χ3n) is 5.87. The Kier molecular flexibility index (Phi) is 4.77. The average Bonchev–Trinajstić information content (AvgIpc) is 3.40. The molecular weight excluding hydrogens is 336 g/mol. The highest BCUT2D eigenvalue weighted by Gasteiger charge is 2.48. The number of ether oxygens (including phenoxy) is 1. The molecule has 3 fully saturated rings. The van der Waals surface area contributed by atoms with Crippen molar-refractivity contribution in [1.82, 2.24) is 9.21 Å². The maximum Gasteiger partial charge on any atom is 0.217 e. The van der Waals surface area contributed by atoms with Gasteiger partial charge in [-0.25, -0.2) is 12.7 Å². The third-order valence-corrected chi connectivity index (χ3v) is 8.21. The molecular formula is C19H28N2O3S. The van der Waals surface area contributed by atoms with E-state index in [1.165, 1.54) is 0 Å². The molecule has 1 atom stereocenters. The maximum atomic E-state index is 12.5. The zero-order valence-corrected chi connectivity index (χ0v) is 15.6. The summed E-state index contributed by atoms with van der Waals surface area (Å²) in [5, 5.41) is -0.0818. The highest BCUT2D eigenvalue weighted by atomic mass is 32.2. The Morgan fingerprint density at radius 1 is 1.08 bits per heavy atom.